The Kier molecular flexibility index (Phi) is 5.37. The first-order valence-electron chi connectivity index (χ1n) is 7.28. The first-order chi connectivity index (χ1) is 9.19. The van der Waals surface area contributed by atoms with E-state index in [1.165, 1.54) is 11.1 Å². The molecule has 3 nitrogen and oxygen atoms in total. The van der Waals surface area contributed by atoms with E-state index < -0.39 is 0 Å². The van der Waals surface area contributed by atoms with E-state index in [1.54, 1.807) is 0 Å². The van der Waals surface area contributed by atoms with Crippen molar-refractivity contribution < 1.29 is 4.74 Å². The molecule has 106 valence electrons. The highest BCUT2D eigenvalue weighted by Crippen LogP contribution is 2.14. The fourth-order valence-corrected chi connectivity index (χ4v) is 2.74. The summed E-state index contributed by atoms with van der Waals surface area (Å²) in [6.45, 7) is 8.20. The van der Waals surface area contributed by atoms with Crippen LogP contribution in [0.1, 0.15) is 18.1 Å². The molecule has 0 radical (unpaired) electrons. The van der Waals surface area contributed by atoms with Gasteiger partial charge in [0.15, 0.2) is 0 Å². The molecule has 0 amide bonds. The van der Waals surface area contributed by atoms with Crippen LogP contribution in [0.3, 0.4) is 0 Å². The third kappa shape index (κ3) is 4.30. The highest BCUT2D eigenvalue weighted by atomic mass is 16.5. The van der Waals surface area contributed by atoms with Crippen molar-refractivity contribution in [2.75, 3.05) is 33.3 Å². The molecule has 0 saturated carbocycles. The number of aryl methyl sites for hydroxylation is 1. The maximum absolute atomic E-state index is 5.96. The zero-order valence-electron chi connectivity index (χ0n) is 12.4. The molecule has 1 saturated heterocycles. The van der Waals surface area contributed by atoms with Crippen LogP contribution < -0.4 is 5.32 Å². The number of morpholine rings is 1. The molecule has 1 aromatic carbocycles. The summed E-state index contributed by atoms with van der Waals surface area (Å²) in [6, 6.07) is 9.17. The van der Waals surface area contributed by atoms with Gasteiger partial charge >= 0.3 is 0 Å². The molecule has 3 heteroatoms. The predicted octanol–water partition coefficient (Wildman–Crippen LogP) is 1.85. The van der Waals surface area contributed by atoms with E-state index in [0.29, 0.717) is 12.1 Å². The van der Waals surface area contributed by atoms with Gasteiger partial charge in [-0.2, -0.15) is 0 Å². The molecule has 0 aliphatic carbocycles. The lowest BCUT2D eigenvalue weighted by atomic mass is 9.99. The van der Waals surface area contributed by atoms with Crippen molar-refractivity contribution in [3.05, 3.63) is 35.4 Å². The number of benzene rings is 1. The Balaban J connectivity index is 2.02. The number of hydrogen-bond donors (Lipinski definition) is 1. The summed E-state index contributed by atoms with van der Waals surface area (Å²) < 4.78 is 5.96. The lowest BCUT2D eigenvalue weighted by Gasteiger charge is -2.35. The van der Waals surface area contributed by atoms with Gasteiger partial charge in [0.2, 0.25) is 0 Å². The van der Waals surface area contributed by atoms with Crippen LogP contribution in [0.2, 0.25) is 0 Å². The van der Waals surface area contributed by atoms with E-state index in [1.807, 2.05) is 0 Å². The van der Waals surface area contributed by atoms with E-state index in [4.69, 9.17) is 4.74 Å². The summed E-state index contributed by atoms with van der Waals surface area (Å²) in [5, 5.41) is 3.59. The van der Waals surface area contributed by atoms with Gasteiger partial charge < -0.3 is 15.0 Å². The summed E-state index contributed by atoms with van der Waals surface area (Å²) >= 11 is 0. The van der Waals surface area contributed by atoms with Gasteiger partial charge in [-0.25, -0.2) is 0 Å². The number of hydrogen-bond acceptors (Lipinski definition) is 3. The summed E-state index contributed by atoms with van der Waals surface area (Å²) in [5.41, 5.74) is 2.72. The van der Waals surface area contributed by atoms with Crippen LogP contribution in [-0.2, 0) is 11.2 Å². The topological polar surface area (TPSA) is 24.5 Å². The molecule has 1 N–H and O–H groups in total. The fraction of sp³-hybridized carbons (Fsp3) is 0.625. The van der Waals surface area contributed by atoms with Crippen molar-refractivity contribution in [2.45, 2.75) is 32.4 Å². The van der Waals surface area contributed by atoms with Crippen molar-refractivity contribution in [3.8, 4) is 0 Å². The van der Waals surface area contributed by atoms with E-state index in [-0.39, 0.29) is 0 Å². The third-order valence-corrected chi connectivity index (χ3v) is 3.75. The van der Waals surface area contributed by atoms with Gasteiger partial charge in [-0.3, -0.25) is 0 Å². The first-order valence-corrected chi connectivity index (χ1v) is 7.28. The van der Waals surface area contributed by atoms with Crippen LogP contribution >= 0.6 is 0 Å². The summed E-state index contributed by atoms with van der Waals surface area (Å²) in [4.78, 5) is 2.36. The monoisotopic (exact) mass is 262 g/mol. The molecule has 1 heterocycles. The Labute approximate surface area is 116 Å². The standard InChI is InChI=1S/C16H26N2O/c1-4-17-15(16-12-18(3)8-9-19-16)11-14-7-5-6-13(2)10-14/h5-7,10,15-17H,4,8-9,11-12H2,1-3H3. The number of nitrogens with zero attached hydrogens (tertiary/aromatic N) is 1. The third-order valence-electron chi connectivity index (χ3n) is 3.75. The quantitative estimate of drug-likeness (QED) is 0.876. The van der Waals surface area contributed by atoms with Crippen LogP contribution in [0.25, 0.3) is 0 Å². The molecule has 0 aromatic heterocycles. The molecular weight excluding hydrogens is 236 g/mol. The Bertz CT molecular complexity index is 394. The zero-order chi connectivity index (χ0) is 13.7. The van der Waals surface area contributed by atoms with Crippen LogP contribution in [-0.4, -0.2) is 50.3 Å². The average Bonchev–Trinajstić information content (AvgIpc) is 2.38. The minimum atomic E-state index is 0.291. The molecule has 1 aliphatic rings. The lowest BCUT2D eigenvalue weighted by molar-refractivity contribution is -0.0381. The van der Waals surface area contributed by atoms with Crippen LogP contribution in [0.4, 0.5) is 0 Å². The predicted molar refractivity (Wildman–Crippen MR) is 79.6 cm³/mol. The summed E-state index contributed by atoms with van der Waals surface area (Å²) in [5.74, 6) is 0. The first kappa shape index (κ1) is 14.5. The van der Waals surface area contributed by atoms with E-state index in [9.17, 15) is 0 Å². The molecule has 0 bridgehead atoms. The summed E-state index contributed by atoms with van der Waals surface area (Å²) in [6.07, 6.45) is 1.33. The fourth-order valence-electron chi connectivity index (χ4n) is 2.74. The van der Waals surface area contributed by atoms with Gasteiger partial charge in [-0.1, -0.05) is 36.8 Å². The molecule has 2 atom stereocenters. The highest BCUT2D eigenvalue weighted by molar-refractivity contribution is 5.23. The number of ether oxygens (including phenoxy) is 1. The second-order valence-electron chi connectivity index (χ2n) is 5.53. The molecular formula is C16H26N2O. The van der Waals surface area contributed by atoms with Crippen LogP contribution in [0, 0.1) is 6.92 Å². The highest BCUT2D eigenvalue weighted by Gasteiger charge is 2.26. The van der Waals surface area contributed by atoms with Gasteiger partial charge in [0.25, 0.3) is 0 Å². The summed E-state index contributed by atoms with van der Waals surface area (Å²) in [7, 11) is 2.17. The molecule has 1 aromatic rings. The lowest BCUT2D eigenvalue weighted by Crippen LogP contribution is -2.52. The SMILES string of the molecule is CCNC(Cc1cccc(C)c1)C1CN(C)CCO1. The molecule has 1 aliphatic heterocycles. The normalized spacial score (nSPS) is 22.4. The maximum atomic E-state index is 5.96. The molecule has 1 fully saturated rings. The van der Waals surface area contributed by atoms with Crippen molar-refractivity contribution in [2.24, 2.45) is 0 Å². The largest absolute Gasteiger partial charge is 0.374 e. The molecule has 2 rings (SSSR count). The van der Waals surface area contributed by atoms with Crippen molar-refractivity contribution in [1.82, 2.24) is 10.2 Å². The average molecular weight is 262 g/mol. The Hall–Kier alpha value is -0.900. The number of likely N-dealkylation sites (N-methyl/N-ethyl adjacent to an activating group) is 2. The smallest absolute Gasteiger partial charge is 0.0858 e. The Morgan fingerprint density at radius 2 is 2.32 bits per heavy atom. The van der Waals surface area contributed by atoms with E-state index in [0.717, 1.165) is 32.7 Å². The number of nitrogens with one attached hydrogen (secondary N) is 1. The van der Waals surface area contributed by atoms with Crippen molar-refractivity contribution >= 4 is 0 Å². The minimum Gasteiger partial charge on any atom is -0.374 e. The molecule has 2 unspecified atom stereocenters. The van der Waals surface area contributed by atoms with Gasteiger partial charge in [0.1, 0.15) is 0 Å². The van der Waals surface area contributed by atoms with Gasteiger partial charge in [0, 0.05) is 19.1 Å². The van der Waals surface area contributed by atoms with E-state index >= 15 is 0 Å². The van der Waals surface area contributed by atoms with Gasteiger partial charge in [-0.05, 0) is 32.5 Å². The Morgan fingerprint density at radius 3 is 3.00 bits per heavy atom. The molecule has 19 heavy (non-hydrogen) atoms. The van der Waals surface area contributed by atoms with E-state index in [2.05, 4.69) is 55.4 Å². The van der Waals surface area contributed by atoms with Crippen molar-refractivity contribution in [1.29, 1.82) is 0 Å². The van der Waals surface area contributed by atoms with Crippen LogP contribution in [0.5, 0.6) is 0 Å². The second kappa shape index (κ2) is 7.04. The second-order valence-corrected chi connectivity index (χ2v) is 5.53. The van der Waals surface area contributed by atoms with Gasteiger partial charge in [-0.15, -0.1) is 0 Å². The minimum absolute atomic E-state index is 0.291. The van der Waals surface area contributed by atoms with Gasteiger partial charge in [0.05, 0.1) is 12.7 Å². The maximum Gasteiger partial charge on any atom is 0.0858 e. The van der Waals surface area contributed by atoms with Crippen molar-refractivity contribution in [3.63, 3.8) is 0 Å². The number of rotatable bonds is 5. The Morgan fingerprint density at radius 1 is 1.47 bits per heavy atom. The molecule has 0 spiro atoms. The van der Waals surface area contributed by atoms with Crippen LogP contribution in [0.15, 0.2) is 24.3 Å². The zero-order valence-corrected chi connectivity index (χ0v) is 12.4.